The first-order valence-corrected chi connectivity index (χ1v) is 9.52. The predicted octanol–water partition coefficient (Wildman–Crippen LogP) is 4.94. The van der Waals surface area contributed by atoms with E-state index in [1.54, 1.807) is 6.21 Å². The summed E-state index contributed by atoms with van der Waals surface area (Å²) in [5.74, 6) is 0.570. The Morgan fingerprint density at radius 3 is 2.82 bits per heavy atom. The summed E-state index contributed by atoms with van der Waals surface area (Å²) in [6, 6.07) is 9.67. The maximum absolute atomic E-state index is 11.1. The fourth-order valence-corrected chi connectivity index (χ4v) is 4.33. The highest BCUT2D eigenvalue weighted by atomic mass is 16.6. The van der Waals surface area contributed by atoms with Gasteiger partial charge in [0.05, 0.1) is 11.1 Å². The third kappa shape index (κ3) is 3.83. The van der Waals surface area contributed by atoms with Crippen molar-refractivity contribution in [2.75, 3.05) is 10.3 Å². The molecule has 0 aliphatic carbocycles. The normalized spacial score (nSPS) is 18.4. The van der Waals surface area contributed by atoms with Gasteiger partial charge in [-0.3, -0.25) is 15.5 Å². The summed E-state index contributed by atoms with van der Waals surface area (Å²) in [4.78, 5) is 17.1. The smallest absolute Gasteiger partial charge is 0.313 e. The van der Waals surface area contributed by atoms with Crippen molar-refractivity contribution in [2.45, 2.75) is 58.5 Å². The molecule has 1 aliphatic heterocycles. The standard InChI is InChI=1S/C21H27N5O2/c1-14(2)25-18-9-8-16(11-17(18)15(3)12-21(25,4)5)13-23-24-20-19(26(27)28)7-6-10-22-20/h6-11,13-15H,12H2,1-5H3,(H,22,24)/b23-13-/t15-/m0/s1. The molecule has 1 aromatic carbocycles. The molecule has 3 rings (SSSR count). The van der Waals surface area contributed by atoms with Gasteiger partial charge in [0.2, 0.25) is 5.82 Å². The van der Waals surface area contributed by atoms with Gasteiger partial charge in [0.1, 0.15) is 0 Å². The lowest BCUT2D eigenvalue weighted by Gasteiger charge is -2.50. The third-order valence-corrected chi connectivity index (χ3v) is 5.18. The zero-order chi connectivity index (χ0) is 20.5. The van der Waals surface area contributed by atoms with Crippen molar-refractivity contribution in [3.63, 3.8) is 0 Å². The molecule has 1 aliphatic rings. The zero-order valence-corrected chi connectivity index (χ0v) is 17.0. The Morgan fingerprint density at radius 1 is 1.39 bits per heavy atom. The molecule has 0 radical (unpaired) electrons. The summed E-state index contributed by atoms with van der Waals surface area (Å²) in [6.07, 6.45) is 4.25. The van der Waals surface area contributed by atoms with Crippen LogP contribution in [0.25, 0.3) is 0 Å². The van der Waals surface area contributed by atoms with Crippen LogP contribution >= 0.6 is 0 Å². The van der Waals surface area contributed by atoms with E-state index in [4.69, 9.17) is 0 Å². The highest BCUT2D eigenvalue weighted by Gasteiger charge is 2.37. The fourth-order valence-electron chi connectivity index (χ4n) is 4.33. The van der Waals surface area contributed by atoms with E-state index in [0.29, 0.717) is 12.0 Å². The molecule has 1 atom stereocenters. The van der Waals surface area contributed by atoms with Crippen molar-refractivity contribution in [1.82, 2.24) is 4.98 Å². The first kappa shape index (κ1) is 19.8. The average molecular weight is 381 g/mol. The van der Waals surface area contributed by atoms with E-state index in [1.807, 2.05) is 6.07 Å². The quantitative estimate of drug-likeness (QED) is 0.451. The second kappa shape index (κ2) is 7.58. The molecule has 0 unspecified atom stereocenters. The van der Waals surface area contributed by atoms with Gasteiger partial charge in [0, 0.05) is 29.5 Å². The predicted molar refractivity (Wildman–Crippen MR) is 113 cm³/mol. The van der Waals surface area contributed by atoms with Gasteiger partial charge in [-0.1, -0.05) is 13.0 Å². The molecule has 2 aromatic rings. The van der Waals surface area contributed by atoms with Crippen LogP contribution < -0.4 is 10.3 Å². The van der Waals surface area contributed by atoms with Crippen LogP contribution in [0.15, 0.2) is 41.6 Å². The van der Waals surface area contributed by atoms with Crippen molar-refractivity contribution >= 4 is 23.4 Å². The summed E-state index contributed by atoms with van der Waals surface area (Å²) >= 11 is 0. The Hall–Kier alpha value is -2.96. The van der Waals surface area contributed by atoms with Gasteiger partial charge in [-0.2, -0.15) is 5.10 Å². The Labute approximate surface area is 165 Å². The SMILES string of the molecule is CC(C)N1c2ccc(/C=N\Nc3ncccc3[N+](=O)[O-])cc2[C@@H](C)CC1(C)C. The second-order valence-electron chi connectivity index (χ2n) is 8.20. The average Bonchev–Trinajstić information content (AvgIpc) is 2.61. The summed E-state index contributed by atoms with van der Waals surface area (Å²) in [5.41, 5.74) is 6.20. The highest BCUT2D eigenvalue weighted by Crippen LogP contribution is 2.44. The van der Waals surface area contributed by atoms with Gasteiger partial charge in [0.25, 0.3) is 0 Å². The Balaban J connectivity index is 1.86. The number of anilines is 2. The molecule has 7 nitrogen and oxygen atoms in total. The van der Waals surface area contributed by atoms with Crippen LogP contribution in [0, 0.1) is 10.1 Å². The maximum atomic E-state index is 11.1. The minimum absolute atomic E-state index is 0.103. The molecule has 28 heavy (non-hydrogen) atoms. The summed E-state index contributed by atoms with van der Waals surface area (Å²) in [7, 11) is 0. The number of hydrogen-bond donors (Lipinski definition) is 1. The molecule has 0 spiro atoms. The van der Waals surface area contributed by atoms with E-state index in [1.165, 1.54) is 29.6 Å². The number of hydrogen-bond acceptors (Lipinski definition) is 6. The van der Waals surface area contributed by atoms with Gasteiger partial charge in [-0.05, 0) is 69.4 Å². The van der Waals surface area contributed by atoms with Gasteiger partial charge < -0.3 is 4.90 Å². The van der Waals surface area contributed by atoms with Crippen molar-refractivity contribution in [3.8, 4) is 0 Å². The first-order chi connectivity index (χ1) is 13.2. The van der Waals surface area contributed by atoms with Gasteiger partial charge in [-0.15, -0.1) is 0 Å². The van der Waals surface area contributed by atoms with Crippen molar-refractivity contribution in [3.05, 3.63) is 57.8 Å². The van der Waals surface area contributed by atoms with E-state index in [0.717, 1.165) is 12.0 Å². The molecule has 0 bridgehead atoms. The molecule has 0 fully saturated rings. The Bertz CT molecular complexity index is 907. The molecule has 0 saturated carbocycles. The van der Waals surface area contributed by atoms with Crippen LogP contribution in [-0.4, -0.2) is 27.7 Å². The number of nitro groups is 1. The number of rotatable bonds is 5. The number of nitrogens with zero attached hydrogens (tertiary/aromatic N) is 4. The van der Waals surface area contributed by atoms with Crippen molar-refractivity contribution in [1.29, 1.82) is 0 Å². The molecular weight excluding hydrogens is 354 g/mol. The van der Waals surface area contributed by atoms with Crippen LogP contribution in [0.2, 0.25) is 0 Å². The Kier molecular flexibility index (Phi) is 5.36. The molecule has 0 saturated heterocycles. The summed E-state index contributed by atoms with van der Waals surface area (Å²) < 4.78 is 0. The van der Waals surface area contributed by atoms with Crippen LogP contribution in [0.5, 0.6) is 0 Å². The lowest BCUT2D eigenvalue weighted by molar-refractivity contribution is -0.384. The molecule has 7 heteroatoms. The zero-order valence-electron chi connectivity index (χ0n) is 17.0. The summed E-state index contributed by atoms with van der Waals surface area (Å²) in [5, 5.41) is 15.2. The number of aromatic nitrogens is 1. The van der Waals surface area contributed by atoms with E-state index in [2.05, 4.69) is 67.2 Å². The first-order valence-electron chi connectivity index (χ1n) is 9.52. The minimum atomic E-state index is -0.478. The fraction of sp³-hybridized carbons (Fsp3) is 0.429. The molecule has 148 valence electrons. The Morgan fingerprint density at radius 2 is 2.14 bits per heavy atom. The molecule has 1 N–H and O–H groups in total. The summed E-state index contributed by atoms with van der Waals surface area (Å²) in [6.45, 7) is 11.3. The largest absolute Gasteiger partial charge is 0.364 e. The molecular formula is C21H27N5O2. The van der Waals surface area contributed by atoms with Crippen LogP contribution in [-0.2, 0) is 0 Å². The highest BCUT2D eigenvalue weighted by molar-refractivity contribution is 5.82. The molecule has 2 heterocycles. The van der Waals surface area contributed by atoms with Gasteiger partial charge in [0.15, 0.2) is 0 Å². The van der Waals surface area contributed by atoms with E-state index >= 15 is 0 Å². The second-order valence-corrected chi connectivity index (χ2v) is 8.20. The molecule has 1 aromatic heterocycles. The van der Waals surface area contributed by atoms with Crippen LogP contribution in [0.1, 0.15) is 58.1 Å². The van der Waals surface area contributed by atoms with E-state index in [9.17, 15) is 10.1 Å². The third-order valence-electron chi connectivity index (χ3n) is 5.18. The van der Waals surface area contributed by atoms with Crippen LogP contribution in [0.3, 0.4) is 0 Å². The number of fused-ring (bicyclic) bond motifs is 1. The number of hydrazone groups is 1. The van der Waals surface area contributed by atoms with E-state index < -0.39 is 4.92 Å². The van der Waals surface area contributed by atoms with Crippen molar-refractivity contribution in [2.24, 2.45) is 5.10 Å². The van der Waals surface area contributed by atoms with Crippen molar-refractivity contribution < 1.29 is 4.92 Å². The maximum Gasteiger partial charge on any atom is 0.313 e. The van der Waals surface area contributed by atoms with Crippen LogP contribution in [0.4, 0.5) is 17.2 Å². The van der Waals surface area contributed by atoms with E-state index in [-0.39, 0.29) is 17.0 Å². The lowest BCUT2D eigenvalue weighted by Crippen LogP contribution is -2.51. The number of nitrogens with one attached hydrogen (secondary N) is 1. The minimum Gasteiger partial charge on any atom is -0.364 e. The van der Waals surface area contributed by atoms with Gasteiger partial charge in [-0.25, -0.2) is 4.98 Å². The number of benzene rings is 1. The number of pyridine rings is 1. The molecule has 0 amide bonds. The lowest BCUT2D eigenvalue weighted by atomic mass is 9.79. The topological polar surface area (TPSA) is 83.7 Å². The monoisotopic (exact) mass is 381 g/mol. The van der Waals surface area contributed by atoms with Gasteiger partial charge >= 0.3 is 5.69 Å².